The maximum atomic E-state index is 12.1. The molecule has 0 aromatic heterocycles. The Balaban J connectivity index is 1.69. The smallest absolute Gasteiger partial charge is 0.295 e. The molecule has 0 fully saturated rings. The Hall–Kier alpha value is -3.50. The van der Waals surface area contributed by atoms with Crippen molar-refractivity contribution in [2.45, 2.75) is 35.6 Å². The monoisotopic (exact) mass is 537 g/mol. The molecule has 9 heteroatoms. The van der Waals surface area contributed by atoms with Gasteiger partial charge in [-0.3, -0.25) is 9.11 Å². The van der Waals surface area contributed by atoms with E-state index in [9.17, 15) is 25.9 Å². The Kier molecular flexibility index (Phi) is 7.79. The molecule has 3 N–H and O–H groups in total. The van der Waals surface area contributed by atoms with E-state index in [1.807, 2.05) is 55.5 Å². The zero-order chi connectivity index (χ0) is 26.6. The minimum atomic E-state index is -4.44. The van der Waals surface area contributed by atoms with Gasteiger partial charge in [-0.25, -0.2) is 0 Å². The molecule has 7 nitrogen and oxygen atoms in total. The van der Waals surface area contributed by atoms with Gasteiger partial charge in [0.05, 0.1) is 10.9 Å². The van der Waals surface area contributed by atoms with Gasteiger partial charge in [0.1, 0.15) is 4.90 Å². The molecule has 3 aromatic carbocycles. The summed E-state index contributed by atoms with van der Waals surface area (Å²) in [5, 5.41) is 3.43. The molecule has 0 aliphatic heterocycles. The highest BCUT2D eigenvalue weighted by molar-refractivity contribution is 7.86. The molecule has 4 rings (SSSR count). The highest BCUT2D eigenvalue weighted by Gasteiger charge is 2.21. The minimum Gasteiger partial charge on any atom is -0.378 e. The van der Waals surface area contributed by atoms with Crippen molar-refractivity contribution < 1.29 is 25.9 Å². The fraction of sp³-hybridized carbons (Fsp3) is 0.143. The van der Waals surface area contributed by atoms with E-state index in [0.717, 1.165) is 35.2 Å². The molecule has 1 atom stereocenters. The molecule has 3 aromatic rings. The number of hydrogen-bond acceptors (Lipinski definition) is 5. The molecule has 0 saturated heterocycles. The molecule has 1 aliphatic rings. The first-order chi connectivity index (χ1) is 17.6. The third-order valence-electron chi connectivity index (χ3n) is 6.09. The highest BCUT2D eigenvalue weighted by atomic mass is 32.2. The van der Waals surface area contributed by atoms with Gasteiger partial charge in [0.25, 0.3) is 20.2 Å². The molecule has 0 radical (unpaired) electrons. The fourth-order valence-electron chi connectivity index (χ4n) is 4.29. The third kappa shape index (κ3) is 6.26. The third-order valence-corrected chi connectivity index (χ3v) is 7.87. The first-order valence-corrected chi connectivity index (χ1v) is 14.5. The maximum absolute atomic E-state index is 12.1. The lowest BCUT2D eigenvalue weighted by Crippen LogP contribution is -2.10. The normalized spacial score (nSPS) is 14.4. The fourth-order valence-corrected chi connectivity index (χ4v) is 5.47. The van der Waals surface area contributed by atoms with Gasteiger partial charge in [0.2, 0.25) is 0 Å². The van der Waals surface area contributed by atoms with Crippen LogP contribution in [0.2, 0.25) is 0 Å². The summed E-state index contributed by atoms with van der Waals surface area (Å²) in [6.45, 7) is 2.00. The van der Waals surface area contributed by atoms with Crippen LogP contribution in [0.3, 0.4) is 0 Å². The quantitative estimate of drug-likeness (QED) is 0.299. The summed E-state index contributed by atoms with van der Waals surface area (Å²) in [5.41, 5.74) is 4.37. The van der Waals surface area contributed by atoms with Crippen LogP contribution in [-0.4, -0.2) is 25.9 Å². The topological polar surface area (TPSA) is 121 Å². The molecule has 0 bridgehead atoms. The summed E-state index contributed by atoms with van der Waals surface area (Å²) in [7, 11) is -8.70. The van der Waals surface area contributed by atoms with Crippen LogP contribution >= 0.6 is 0 Å². The predicted octanol–water partition coefficient (Wildman–Crippen LogP) is 6.06. The first-order valence-electron chi connectivity index (χ1n) is 11.7. The van der Waals surface area contributed by atoms with E-state index in [4.69, 9.17) is 0 Å². The second-order valence-corrected chi connectivity index (χ2v) is 11.4. The Morgan fingerprint density at radius 3 is 2.03 bits per heavy atom. The number of hydrogen-bond donors (Lipinski definition) is 3. The summed E-state index contributed by atoms with van der Waals surface area (Å²) in [6.07, 6.45) is 9.35. The molecule has 192 valence electrons. The van der Waals surface area contributed by atoms with Gasteiger partial charge in [0.15, 0.2) is 0 Å². The summed E-state index contributed by atoms with van der Waals surface area (Å²) in [6, 6.07) is 19.9. The van der Waals surface area contributed by atoms with Crippen LogP contribution in [0.15, 0.2) is 112 Å². The minimum absolute atomic E-state index is 0.108. The van der Waals surface area contributed by atoms with E-state index in [1.54, 1.807) is 30.3 Å². The molecule has 0 heterocycles. The van der Waals surface area contributed by atoms with Crippen LogP contribution < -0.4 is 5.32 Å². The van der Waals surface area contributed by atoms with E-state index in [1.165, 1.54) is 18.2 Å². The van der Waals surface area contributed by atoms with Crippen LogP contribution in [0.1, 0.15) is 42.5 Å². The molecular formula is C28H27NO6S2. The summed E-state index contributed by atoms with van der Waals surface area (Å²) >= 11 is 0. The number of benzene rings is 3. The summed E-state index contributed by atoms with van der Waals surface area (Å²) in [4.78, 5) is -0.321. The van der Waals surface area contributed by atoms with E-state index < -0.39 is 20.2 Å². The van der Waals surface area contributed by atoms with Gasteiger partial charge in [0, 0.05) is 11.3 Å². The number of rotatable bonds is 8. The van der Waals surface area contributed by atoms with E-state index >= 15 is 0 Å². The number of allylic oxidation sites excluding steroid dienone is 5. The first kappa shape index (κ1) is 26.6. The average molecular weight is 538 g/mol. The molecule has 37 heavy (non-hydrogen) atoms. The van der Waals surface area contributed by atoms with Crippen LogP contribution in [0.4, 0.5) is 5.69 Å². The second kappa shape index (κ2) is 10.9. The Morgan fingerprint density at radius 1 is 0.838 bits per heavy atom. The number of anilines is 1. The SMILES string of the molecule is CCC(Nc1ccc(C(=C2C=CCC=C2)c2ccccc2S(=O)(=O)O)cc1)c1ccc(S(=O)(=O)O)cc1. The summed E-state index contributed by atoms with van der Waals surface area (Å²) < 4.78 is 66.0. The maximum Gasteiger partial charge on any atom is 0.295 e. The molecule has 0 amide bonds. The standard InChI is InChI=1S/C28H27NO6S2/c1-2-26(20-14-18-24(19-15-20)36(30,31)32)29-23-16-12-22(13-17-23)28(21-8-4-3-5-9-21)25-10-6-7-11-27(25)37(33,34)35/h4-19,26,29H,2-3H2,1H3,(H,30,31,32)(H,33,34,35). The molecule has 0 spiro atoms. The van der Waals surface area contributed by atoms with Crippen LogP contribution in [0.5, 0.6) is 0 Å². The van der Waals surface area contributed by atoms with Crippen LogP contribution in [0, 0.1) is 0 Å². The van der Waals surface area contributed by atoms with Crippen molar-refractivity contribution in [1.29, 1.82) is 0 Å². The van der Waals surface area contributed by atoms with Crippen molar-refractivity contribution in [3.05, 3.63) is 119 Å². The zero-order valence-corrected chi connectivity index (χ0v) is 21.7. The van der Waals surface area contributed by atoms with Gasteiger partial charge in [-0.1, -0.05) is 73.7 Å². The summed E-state index contributed by atoms with van der Waals surface area (Å²) in [5.74, 6) is 0. The second-order valence-electron chi connectivity index (χ2n) is 8.57. The van der Waals surface area contributed by atoms with Crippen LogP contribution in [0.25, 0.3) is 5.57 Å². The molecule has 1 aliphatic carbocycles. The van der Waals surface area contributed by atoms with E-state index in [2.05, 4.69) is 5.32 Å². The largest absolute Gasteiger partial charge is 0.378 e. The lowest BCUT2D eigenvalue weighted by molar-refractivity contribution is 0.480. The van der Waals surface area contributed by atoms with Gasteiger partial charge in [-0.2, -0.15) is 16.8 Å². The lowest BCUT2D eigenvalue weighted by Gasteiger charge is -2.20. The number of nitrogens with one attached hydrogen (secondary N) is 1. The zero-order valence-electron chi connectivity index (χ0n) is 20.1. The lowest BCUT2D eigenvalue weighted by atomic mass is 9.91. The molecule has 0 saturated carbocycles. The Morgan fingerprint density at radius 2 is 1.46 bits per heavy atom. The van der Waals surface area contributed by atoms with Crippen molar-refractivity contribution in [1.82, 2.24) is 0 Å². The van der Waals surface area contributed by atoms with Crippen molar-refractivity contribution in [3.63, 3.8) is 0 Å². The molecular weight excluding hydrogens is 510 g/mol. The predicted molar refractivity (Wildman–Crippen MR) is 145 cm³/mol. The van der Waals surface area contributed by atoms with Crippen molar-refractivity contribution in [2.75, 3.05) is 5.32 Å². The van der Waals surface area contributed by atoms with Crippen molar-refractivity contribution in [2.24, 2.45) is 0 Å². The van der Waals surface area contributed by atoms with Crippen LogP contribution in [-0.2, 0) is 20.2 Å². The van der Waals surface area contributed by atoms with Gasteiger partial charge in [-0.15, -0.1) is 0 Å². The van der Waals surface area contributed by atoms with E-state index in [0.29, 0.717) is 11.1 Å². The Labute approximate surface area is 217 Å². The van der Waals surface area contributed by atoms with Gasteiger partial charge in [-0.05, 0) is 65.4 Å². The van der Waals surface area contributed by atoms with Crippen molar-refractivity contribution in [3.8, 4) is 0 Å². The van der Waals surface area contributed by atoms with Gasteiger partial charge >= 0.3 is 0 Å². The molecule has 1 unspecified atom stereocenters. The van der Waals surface area contributed by atoms with Gasteiger partial charge < -0.3 is 5.32 Å². The highest BCUT2D eigenvalue weighted by Crippen LogP contribution is 2.35. The van der Waals surface area contributed by atoms with Crippen molar-refractivity contribution >= 4 is 31.5 Å². The Bertz CT molecular complexity index is 1570. The average Bonchev–Trinajstić information content (AvgIpc) is 2.88. The van der Waals surface area contributed by atoms with E-state index in [-0.39, 0.29) is 15.8 Å².